The zero-order chi connectivity index (χ0) is 26.3. The third kappa shape index (κ3) is 4.71. The number of benzene rings is 2. The smallest absolute Gasteiger partial charge is 0.406 e. The molecule has 190 valence electrons. The fourth-order valence-corrected chi connectivity index (χ4v) is 4.22. The standard InChI is InChI=1S/C23H18F7N4O2/c1-14(35)10-22(19-7-4-17(24)9-20(19)25)21(33-13-31-12-32-33)8-16(11-34(22,29)30)15-2-5-18(6-3-15)36-23(26,27)28/h2-9,11-14,35H,10H2,1H3/q+1. The van der Waals surface area contributed by atoms with Gasteiger partial charge in [-0.1, -0.05) is 12.1 Å². The van der Waals surface area contributed by atoms with Crippen molar-refractivity contribution in [2.75, 3.05) is 0 Å². The van der Waals surface area contributed by atoms with Gasteiger partial charge in [0.25, 0.3) is 5.54 Å². The third-order valence-corrected chi connectivity index (χ3v) is 5.58. The number of ether oxygens (including phenoxy) is 1. The van der Waals surface area contributed by atoms with Crippen molar-refractivity contribution in [2.45, 2.75) is 31.3 Å². The van der Waals surface area contributed by atoms with E-state index in [2.05, 4.69) is 14.8 Å². The van der Waals surface area contributed by atoms with Gasteiger partial charge in [0.1, 0.15) is 35.7 Å². The van der Waals surface area contributed by atoms with Crippen LogP contribution in [0.1, 0.15) is 24.5 Å². The first-order valence-electron chi connectivity index (χ1n) is 10.4. The molecule has 0 saturated heterocycles. The van der Waals surface area contributed by atoms with E-state index in [0.717, 1.165) is 53.7 Å². The molecule has 2 heterocycles. The van der Waals surface area contributed by atoms with Crippen LogP contribution in [0.25, 0.3) is 11.3 Å². The predicted molar refractivity (Wildman–Crippen MR) is 112 cm³/mol. The van der Waals surface area contributed by atoms with Crippen LogP contribution < -0.4 is 4.74 Å². The zero-order valence-electron chi connectivity index (χ0n) is 18.4. The lowest BCUT2D eigenvalue weighted by molar-refractivity contribution is -1.17. The van der Waals surface area contributed by atoms with E-state index in [4.69, 9.17) is 0 Å². The van der Waals surface area contributed by atoms with Gasteiger partial charge in [0.2, 0.25) is 0 Å². The highest BCUT2D eigenvalue weighted by atomic mass is 19.4. The second-order valence-electron chi connectivity index (χ2n) is 8.12. The van der Waals surface area contributed by atoms with E-state index in [-0.39, 0.29) is 16.8 Å². The summed E-state index contributed by atoms with van der Waals surface area (Å²) in [5.74, 6) is -2.81. The molecule has 0 spiro atoms. The molecule has 1 aliphatic heterocycles. The number of aliphatic hydroxyl groups is 1. The first-order chi connectivity index (χ1) is 16.8. The number of halogens is 7. The molecule has 1 aliphatic rings. The van der Waals surface area contributed by atoms with E-state index in [1.807, 2.05) is 0 Å². The van der Waals surface area contributed by atoms with Gasteiger partial charge in [-0.05, 0) is 42.8 Å². The summed E-state index contributed by atoms with van der Waals surface area (Å²) in [5.41, 5.74) is -3.59. The van der Waals surface area contributed by atoms with Crippen molar-refractivity contribution in [1.82, 2.24) is 14.8 Å². The Kier molecular flexibility index (Phi) is 6.39. The van der Waals surface area contributed by atoms with Crippen molar-refractivity contribution >= 4 is 11.3 Å². The summed E-state index contributed by atoms with van der Waals surface area (Å²) >= 11 is 0. The summed E-state index contributed by atoms with van der Waals surface area (Å²) in [6, 6.07) is 6.33. The number of nitrogens with zero attached hydrogens (tertiary/aromatic N) is 4. The molecular formula is C23H18F7N4O2+. The number of hydrogen-bond acceptors (Lipinski definition) is 4. The van der Waals surface area contributed by atoms with Crippen LogP contribution in [0, 0.1) is 11.6 Å². The van der Waals surface area contributed by atoms with E-state index in [1.54, 1.807) is 0 Å². The molecule has 0 amide bonds. The number of hydrogen-bond donors (Lipinski definition) is 1. The number of aromatic nitrogens is 3. The minimum absolute atomic E-state index is 0.0881. The fraction of sp³-hybridized carbons (Fsp3) is 0.217. The Morgan fingerprint density at radius 2 is 1.81 bits per heavy atom. The van der Waals surface area contributed by atoms with Crippen molar-refractivity contribution < 1.29 is 45.7 Å². The molecule has 1 N–H and O–H groups in total. The lowest BCUT2D eigenvalue weighted by Crippen LogP contribution is -2.53. The van der Waals surface area contributed by atoms with E-state index in [9.17, 15) is 22.7 Å². The Bertz CT molecular complexity index is 1300. The fourth-order valence-electron chi connectivity index (χ4n) is 4.22. The van der Waals surface area contributed by atoms with Crippen LogP contribution in [0.15, 0.2) is 67.4 Å². The van der Waals surface area contributed by atoms with Gasteiger partial charge in [-0.25, -0.2) is 18.4 Å². The molecule has 0 saturated carbocycles. The molecule has 36 heavy (non-hydrogen) atoms. The van der Waals surface area contributed by atoms with E-state index in [1.165, 1.54) is 13.0 Å². The van der Waals surface area contributed by atoms with Gasteiger partial charge in [-0.2, -0.15) is 5.10 Å². The number of rotatable bonds is 6. The average Bonchev–Trinajstić information content (AvgIpc) is 3.28. The number of quaternary nitrogens is 1. The highest BCUT2D eigenvalue weighted by Crippen LogP contribution is 2.53. The molecule has 2 aromatic carbocycles. The molecule has 2 unspecified atom stereocenters. The Labute approximate surface area is 199 Å². The molecule has 0 aliphatic carbocycles. The molecule has 4 rings (SSSR count). The van der Waals surface area contributed by atoms with Crippen LogP contribution >= 0.6 is 0 Å². The Morgan fingerprint density at radius 1 is 1.11 bits per heavy atom. The number of aliphatic hydroxyl groups excluding tert-OH is 1. The maximum atomic E-state index is 16.1. The van der Waals surface area contributed by atoms with Crippen molar-refractivity contribution in [3.8, 4) is 5.75 Å². The first kappa shape index (κ1) is 25.4. The van der Waals surface area contributed by atoms with Gasteiger partial charge in [-0.15, -0.1) is 13.2 Å². The summed E-state index contributed by atoms with van der Waals surface area (Å²) in [6.07, 6.45) is -3.18. The maximum absolute atomic E-state index is 16.1. The van der Waals surface area contributed by atoms with E-state index < -0.39 is 52.3 Å². The SMILES string of the molecule is CC(O)CC1(c2ccc(F)cc2F)C(n2cncn2)=CC(c2ccc(OC(F)(F)F)cc2)=C[N+]1(F)F. The Morgan fingerprint density at radius 3 is 2.36 bits per heavy atom. The second-order valence-corrected chi connectivity index (χ2v) is 8.12. The molecule has 0 fully saturated rings. The van der Waals surface area contributed by atoms with Crippen LogP contribution in [-0.2, 0) is 5.54 Å². The van der Waals surface area contributed by atoms with Gasteiger partial charge in [-0.3, -0.25) is 0 Å². The van der Waals surface area contributed by atoms with Crippen LogP contribution in [0.4, 0.5) is 30.9 Å². The summed E-state index contributed by atoms with van der Waals surface area (Å²) in [4.78, 5) is 0.724. The molecule has 2 atom stereocenters. The maximum Gasteiger partial charge on any atom is 0.573 e. The lowest BCUT2D eigenvalue weighted by atomic mass is 9.78. The minimum atomic E-state index is -4.93. The first-order valence-corrected chi connectivity index (χ1v) is 10.4. The van der Waals surface area contributed by atoms with Crippen molar-refractivity contribution in [3.63, 3.8) is 0 Å². The van der Waals surface area contributed by atoms with Crippen LogP contribution in [0.3, 0.4) is 0 Å². The molecule has 0 radical (unpaired) electrons. The normalized spacial score (nSPS) is 20.5. The summed E-state index contributed by atoms with van der Waals surface area (Å²) in [5, 5.41) is 14.1. The molecule has 13 heteroatoms. The summed E-state index contributed by atoms with van der Waals surface area (Å²) in [6.45, 7) is 1.24. The zero-order valence-corrected chi connectivity index (χ0v) is 18.4. The molecule has 1 aromatic heterocycles. The van der Waals surface area contributed by atoms with Crippen molar-refractivity contribution in [1.29, 1.82) is 0 Å². The third-order valence-electron chi connectivity index (χ3n) is 5.58. The minimum Gasteiger partial charge on any atom is -0.406 e. The van der Waals surface area contributed by atoms with Gasteiger partial charge < -0.3 is 9.84 Å². The second kappa shape index (κ2) is 9.06. The van der Waals surface area contributed by atoms with Gasteiger partial charge in [0.15, 0.2) is 6.20 Å². The quantitative estimate of drug-likeness (QED) is 0.343. The topological polar surface area (TPSA) is 60.2 Å². The summed E-state index contributed by atoms with van der Waals surface area (Å²) in [7, 11) is 0. The van der Waals surface area contributed by atoms with Gasteiger partial charge in [0, 0.05) is 27.0 Å². The number of alkyl halides is 3. The highest BCUT2D eigenvalue weighted by molar-refractivity contribution is 5.82. The molecular weight excluding hydrogens is 497 g/mol. The monoisotopic (exact) mass is 515 g/mol. The molecule has 6 nitrogen and oxygen atoms in total. The Balaban J connectivity index is 1.92. The van der Waals surface area contributed by atoms with Gasteiger partial charge in [0.05, 0.1) is 16.6 Å². The Hall–Kier alpha value is -3.71. The average molecular weight is 515 g/mol. The highest BCUT2D eigenvalue weighted by Gasteiger charge is 2.64. The van der Waals surface area contributed by atoms with Crippen molar-refractivity contribution in [2.24, 2.45) is 0 Å². The van der Waals surface area contributed by atoms with Crippen LogP contribution in [0.5, 0.6) is 5.75 Å². The lowest BCUT2D eigenvalue weighted by Gasteiger charge is -2.40. The molecule has 0 bridgehead atoms. The van der Waals surface area contributed by atoms with E-state index in [0.29, 0.717) is 12.3 Å². The van der Waals surface area contributed by atoms with Crippen molar-refractivity contribution in [3.05, 3.63) is 90.2 Å². The van der Waals surface area contributed by atoms with E-state index >= 15 is 13.4 Å². The number of allylic oxidation sites excluding steroid dienone is 2. The van der Waals surface area contributed by atoms with Gasteiger partial charge >= 0.3 is 6.36 Å². The largest absolute Gasteiger partial charge is 0.573 e. The molecule has 3 aromatic rings. The summed E-state index contributed by atoms with van der Waals surface area (Å²) < 4.78 is 103. The predicted octanol–water partition coefficient (Wildman–Crippen LogP) is 5.60. The van der Waals surface area contributed by atoms with Crippen LogP contribution in [-0.4, -0.2) is 37.3 Å². The van der Waals surface area contributed by atoms with Crippen LogP contribution in [0.2, 0.25) is 0 Å².